The Hall–Kier alpha value is -1.24. The van der Waals surface area contributed by atoms with Gasteiger partial charge in [-0.25, -0.2) is 0 Å². The van der Waals surface area contributed by atoms with Crippen LogP contribution in [0.2, 0.25) is 0 Å². The molecule has 19 heavy (non-hydrogen) atoms. The molecule has 2 aliphatic heterocycles. The molecule has 2 heterocycles. The number of aliphatic carboxylic acids is 1. The Kier molecular flexibility index (Phi) is 3.75. The zero-order valence-electron chi connectivity index (χ0n) is 11.0. The molecule has 2 fully saturated rings. The molecule has 2 saturated heterocycles. The molecule has 3 atom stereocenters. The number of nitrogens with one attached hydrogen (secondary N) is 1. The van der Waals surface area contributed by atoms with E-state index in [1.807, 2.05) is 6.92 Å². The zero-order chi connectivity index (χ0) is 14.2. The summed E-state index contributed by atoms with van der Waals surface area (Å²) in [5, 5.41) is 11.4. The van der Waals surface area contributed by atoms with Crippen molar-refractivity contribution in [1.82, 2.24) is 10.2 Å². The Morgan fingerprint density at radius 1 is 1.63 bits per heavy atom. The van der Waals surface area contributed by atoms with Crippen LogP contribution in [0.4, 0.5) is 0 Å². The van der Waals surface area contributed by atoms with Gasteiger partial charge < -0.3 is 15.3 Å². The quantitative estimate of drug-likeness (QED) is 0.782. The van der Waals surface area contributed by atoms with Gasteiger partial charge in [0.05, 0.1) is 11.3 Å². The fourth-order valence-electron chi connectivity index (χ4n) is 2.67. The average molecular weight is 286 g/mol. The molecule has 2 aliphatic rings. The van der Waals surface area contributed by atoms with E-state index in [-0.39, 0.29) is 23.1 Å². The molecule has 7 heteroatoms. The molecule has 0 aromatic heterocycles. The highest BCUT2D eigenvalue weighted by Gasteiger charge is 2.52. The van der Waals surface area contributed by atoms with E-state index in [1.165, 1.54) is 0 Å². The lowest BCUT2D eigenvalue weighted by Gasteiger charge is -2.30. The molecule has 2 rings (SSSR count). The maximum absolute atomic E-state index is 12.2. The Morgan fingerprint density at radius 2 is 2.32 bits per heavy atom. The minimum atomic E-state index is -0.948. The molecular formula is C12H18N2O4S. The van der Waals surface area contributed by atoms with E-state index < -0.39 is 18.1 Å². The minimum absolute atomic E-state index is 0.0125. The standard InChI is InChI=1S/C12H18N2O4S/c1-7(5-10(16)17)13-11(18)8-6-19-12(2)4-3-9(15)14(8)12/h7-8H,3-6H2,1-2H3,(H,13,18)(H,16,17). The van der Waals surface area contributed by atoms with Crippen LogP contribution in [0.1, 0.15) is 33.1 Å². The summed E-state index contributed by atoms with van der Waals surface area (Å²) in [6, 6.07) is -0.902. The average Bonchev–Trinajstić information content (AvgIpc) is 2.75. The molecule has 0 aliphatic carbocycles. The summed E-state index contributed by atoms with van der Waals surface area (Å²) in [5.41, 5.74) is 0. The van der Waals surface area contributed by atoms with Gasteiger partial charge in [-0.2, -0.15) is 0 Å². The van der Waals surface area contributed by atoms with Crippen LogP contribution in [-0.2, 0) is 14.4 Å². The molecule has 3 unspecified atom stereocenters. The number of fused-ring (bicyclic) bond motifs is 1. The van der Waals surface area contributed by atoms with Gasteiger partial charge in [-0.1, -0.05) is 0 Å². The Morgan fingerprint density at radius 3 is 2.95 bits per heavy atom. The fraction of sp³-hybridized carbons (Fsp3) is 0.750. The van der Waals surface area contributed by atoms with Crippen LogP contribution in [0.15, 0.2) is 0 Å². The van der Waals surface area contributed by atoms with Gasteiger partial charge in [0.2, 0.25) is 11.8 Å². The summed E-state index contributed by atoms with van der Waals surface area (Å²) in [4.78, 5) is 36.0. The number of hydrogen-bond acceptors (Lipinski definition) is 4. The van der Waals surface area contributed by atoms with Crippen molar-refractivity contribution in [2.75, 3.05) is 5.75 Å². The second kappa shape index (κ2) is 5.03. The third kappa shape index (κ3) is 2.70. The molecule has 0 spiro atoms. The molecule has 2 amide bonds. The molecule has 0 aromatic carbocycles. The summed E-state index contributed by atoms with van der Waals surface area (Å²) in [5.74, 6) is -0.608. The number of carbonyl (C=O) groups is 3. The number of hydrogen-bond donors (Lipinski definition) is 2. The lowest BCUT2D eigenvalue weighted by Crippen LogP contribution is -2.51. The van der Waals surface area contributed by atoms with Crippen LogP contribution < -0.4 is 5.32 Å². The third-order valence-electron chi connectivity index (χ3n) is 3.62. The summed E-state index contributed by atoms with van der Waals surface area (Å²) < 4.78 is 0. The van der Waals surface area contributed by atoms with Gasteiger partial charge in [0.1, 0.15) is 6.04 Å². The van der Waals surface area contributed by atoms with Crippen molar-refractivity contribution < 1.29 is 19.5 Å². The number of nitrogens with zero attached hydrogens (tertiary/aromatic N) is 1. The maximum Gasteiger partial charge on any atom is 0.305 e. The van der Waals surface area contributed by atoms with Crippen LogP contribution in [0.25, 0.3) is 0 Å². The molecule has 2 N–H and O–H groups in total. The summed E-state index contributed by atoms with van der Waals surface area (Å²) in [7, 11) is 0. The number of amides is 2. The second-order valence-electron chi connectivity index (χ2n) is 5.27. The summed E-state index contributed by atoms with van der Waals surface area (Å²) >= 11 is 1.62. The van der Waals surface area contributed by atoms with Gasteiger partial charge in [0.15, 0.2) is 0 Å². The predicted octanol–water partition coefficient (Wildman–Crippen LogP) is 0.420. The second-order valence-corrected chi connectivity index (χ2v) is 6.77. The smallest absolute Gasteiger partial charge is 0.305 e. The van der Waals surface area contributed by atoms with Crippen molar-refractivity contribution in [2.45, 2.75) is 50.1 Å². The highest BCUT2D eigenvalue weighted by Crippen LogP contribution is 2.47. The highest BCUT2D eigenvalue weighted by atomic mass is 32.2. The van der Waals surface area contributed by atoms with E-state index in [0.717, 1.165) is 6.42 Å². The van der Waals surface area contributed by atoms with E-state index in [0.29, 0.717) is 12.2 Å². The van der Waals surface area contributed by atoms with E-state index in [4.69, 9.17) is 5.11 Å². The van der Waals surface area contributed by atoms with E-state index in [9.17, 15) is 14.4 Å². The van der Waals surface area contributed by atoms with E-state index in [2.05, 4.69) is 5.32 Å². The summed E-state index contributed by atoms with van der Waals surface area (Å²) in [6.07, 6.45) is 1.14. The number of carboxylic acid groups (broad SMARTS) is 1. The first kappa shape index (κ1) is 14.2. The van der Waals surface area contributed by atoms with Crippen molar-refractivity contribution in [3.05, 3.63) is 0 Å². The molecule has 6 nitrogen and oxygen atoms in total. The van der Waals surface area contributed by atoms with Crippen LogP contribution in [-0.4, -0.2) is 50.5 Å². The SMILES string of the molecule is CC(CC(=O)O)NC(=O)C1CSC2(C)CCC(=O)N12. The van der Waals surface area contributed by atoms with Crippen molar-refractivity contribution in [3.8, 4) is 0 Å². The predicted molar refractivity (Wildman–Crippen MR) is 70.6 cm³/mol. The van der Waals surface area contributed by atoms with Crippen LogP contribution in [0, 0.1) is 0 Å². The molecule has 0 radical (unpaired) electrons. The normalized spacial score (nSPS) is 31.2. The summed E-state index contributed by atoms with van der Waals surface area (Å²) in [6.45, 7) is 3.63. The van der Waals surface area contributed by atoms with Gasteiger partial charge in [0.25, 0.3) is 0 Å². The number of carbonyl (C=O) groups excluding carboxylic acids is 2. The minimum Gasteiger partial charge on any atom is -0.481 e. The molecule has 106 valence electrons. The van der Waals surface area contributed by atoms with Crippen LogP contribution in [0.5, 0.6) is 0 Å². The third-order valence-corrected chi connectivity index (χ3v) is 5.12. The van der Waals surface area contributed by atoms with Gasteiger partial charge in [0, 0.05) is 18.2 Å². The molecule has 0 aromatic rings. The monoisotopic (exact) mass is 286 g/mol. The number of rotatable bonds is 4. The van der Waals surface area contributed by atoms with Gasteiger partial charge in [-0.3, -0.25) is 14.4 Å². The first-order valence-corrected chi connectivity index (χ1v) is 7.30. The van der Waals surface area contributed by atoms with Crippen molar-refractivity contribution in [3.63, 3.8) is 0 Å². The van der Waals surface area contributed by atoms with Gasteiger partial charge in [-0.05, 0) is 20.3 Å². The molecular weight excluding hydrogens is 268 g/mol. The molecule has 0 bridgehead atoms. The van der Waals surface area contributed by atoms with Crippen LogP contribution >= 0.6 is 11.8 Å². The topological polar surface area (TPSA) is 86.7 Å². The van der Waals surface area contributed by atoms with Crippen molar-refractivity contribution in [2.24, 2.45) is 0 Å². The zero-order valence-corrected chi connectivity index (χ0v) is 11.8. The first-order chi connectivity index (χ1) is 8.83. The van der Waals surface area contributed by atoms with Crippen molar-refractivity contribution in [1.29, 1.82) is 0 Å². The Labute approximate surface area is 115 Å². The largest absolute Gasteiger partial charge is 0.481 e. The number of thioether (sulfide) groups is 1. The van der Waals surface area contributed by atoms with E-state index >= 15 is 0 Å². The fourth-order valence-corrected chi connectivity index (χ4v) is 4.10. The lowest BCUT2D eigenvalue weighted by molar-refractivity contribution is -0.140. The maximum atomic E-state index is 12.2. The van der Waals surface area contributed by atoms with E-state index in [1.54, 1.807) is 23.6 Å². The lowest BCUT2D eigenvalue weighted by atomic mass is 10.2. The number of carboxylic acids is 1. The first-order valence-electron chi connectivity index (χ1n) is 6.32. The van der Waals surface area contributed by atoms with Gasteiger partial charge >= 0.3 is 5.97 Å². The molecule has 0 saturated carbocycles. The Bertz CT molecular complexity index is 428. The highest BCUT2D eigenvalue weighted by molar-refractivity contribution is 8.01. The van der Waals surface area contributed by atoms with Crippen molar-refractivity contribution >= 4 is 29.5 Å². The van der Waals surface area contributed by atoms with Crippen LogP contribution in [0.3, 0.4) is 0 Å². The Balaban J connectivity index is 2.00. The van der Waals surface area contributed by atoms with Gasteiger partial charge in [-0.15, -0.1) is 11.8 Å².